The largest absolute Gasteiger partial charge is 0.203 e. The molecule has 1 aromatic carbocycles. The Morgan fingerprint density at radius 1 is 1.23 bits per heavy atom. The van der Waals surface area contributed by atoms with E-state index in [9.17, 15) is 0 Å². The number of benzene rings is 1. The van der Waals surface area contributed by atoms with Gasteiger partial charge in [0.15, 0.2) is 7.05 Å². The van der Waals surface area contributed by atoms with E-state index in [1.165, 1.54) is 10.9 Å². The molecule has 0 fully saturated rings. The number of fused-ring (bicyclic) bond motifs is 1. The van der Waals surface area contributed by atoms with Gasteiger partial charge in [-0.15, -0.1) is 4.68 Å². The van der Waals surface area contributed by atoms with Crippen LogP contribution in [0.25, 0.3) is 10.9 Å². The van der Waals surface area contributed by atoms with E-state index in [1.54, 1.807) is 0 Å². The molecule has 2 heteroatoms. The molecule has 0 aliphatic carbocycles. The Bertz CT molecular complexity index is 427. The summed E-state index contributed by atoms with van der Waals surface area (Å²) in [6.07, 6.45) is 2.16. The second kappa shape index (κ2) is 2.87. The second-order valence-corrected chi connectivity index (χ2v) is 3.70. The normalized spacial score (nSPS) is 11.4. The van der Waals surface area contributed by atoms with Crippen molar-refractivity contribution in [2.45, 2.75) is 19.9 Å². The van der Waals surface area contributed by atoms with Crippen molar-refractivity contribution in [3.05, 3.63) is 30.5 Å². The maximum absolute atomic E-state index is 2.29. The monoisotopic (exact) mass is 175 g/mol. The average Bonchev–Trinajstić information content (AvgIpc) is 2.39. The first kappa shape index (κ1) is 8.30. The number of aromatic nitrogens is 2. The summed E-state index contributed by atoms with van der Waals surface area (Å²) >= 11 is 0. The minimum Gasteiger partial charge on any atom is -0.151 e. The summed E-state index contributed by atoms with van der Waals surface area (Å²) in [6, 6.07) is 8.97. The Balaban J connectivity index is 2.78. The lowest BCUT2D eigenvalue weighted by Gasteiger charge is -2.04. The van der Waals surface area contributed by atoms with Crippen molar-refractivity contribution in [3.63, 3.8) is 0 Å². The first-order valence-electron chi connectivity index (χ1n) is 4.66. The number of nitrogens with zero attached hydrogens (tertiary/aromatic N) is 2. The van der Waals surface area contributed by atoms with Crippen molar-refractivity contribution in [2.24, 2.45) is 7.05 Å². The summed E-state index contributed by atoms with van der Waals surface area (Å²) in [6.45, 7) is 4.40. The molecular weight excluding hydrogens is 160 g/mol. The Kier molecular flexibility index (Phi) is 1.83. The number of aryl methyl sites for hydroxylation is 1. The van der Waals surface area contributed by atoms with E-state index in [0.29, 0.717) is 6.04 Å². The van der Waals surface area contributed by atoms with E-state index >= 15 is 0 Å². The average molecular weight is 175 g/mol. The first-order valence-corrected chi connectivity index (χ1v) is 4.66. The third-order valence-electron chi connectivity index (χ3n) is 2.34. The van der Waals surface area contributed by atoms with E-state index < -0.39 is 0 Å². The smallest absolute Gasteiger partial charge is 0.151 e. The van der Waals surface area contributed by atoms with Crippen LogP contribution in [0.15, 0.2) is 30.5 Å². The maximum Gasteiger partial charge on any atom is 0.203 e. The van der Waals surface area contributed by atoms with Gasteiger partial charge in [0.1, 0.15) is 5.52 Å². The molecule has 0 saturated heterocycles. The van der Waals surface area contributed by atoms with Crippen LogP contribution in [-0.2, 0) is 7.05 Å². The van der Waals surface area contributed by atoms with Gasteiger partial charge in [0, 0.05) is 0 Å². The molecule has 2 rings (SSSR count). The highest BCUT2D eigenvalue weighted by atomic mass is 15.4. The van der Waals surface area contributed by atoms with E-state index in [4.69, 9.17) is 0 Å². The van der Waals surface area contributed by atoms with Crippen molar-refractivity contribution in [2.75, 3.05) is 0 Å². The summed E-state index contributed by atoms with van der Waals surface area (Å²) in [5.74, 6) is 0. The van der Waals surface area contributed by atoms with Gasteiger partial charge in [-0.1, -0.05) is 12.1 Å². The lowest BCUT2D eigenvalue weighted by atomic mass is 10.2. The fraction of sp³-hybridized carbons (Fsp3) is 0.364. The molecule has 0 N–H and O–H groups in total. The zero-order valence-corrected chi connectivity index (χ0v) is 8.36. The molecule has 0 spiro atoms. The third-order valence-corrected chi connectivity index (χ3v) is 2.34. The molecule has 2 aromatic rings. The Hall–Kier alpha value is -1.31. The molecule has 0 aliphatic rings. The zero-order valence-electron chi connectivity index (χ0n) is 8.36. The van der Waals surface area contributed by atoms with Gasteiger partial charge in [-0.3, -0.25) is 0 Å². The number of rotatable bonds is 1. The highest BCUT2D eigenvalue weighted by Gasteiger charge is 2.13. The predicted molar refractivity (Wildman–Crippen MR) is 53.5 cm³/mol. The van der Waals surface area contributed by atoms with Crippen molar-refractivity contribution >= 4 is 10.9 Å². The number of hydrogen-bond donors (Lipinski definition) is 0. The maximum atomic E-state index is 2.29. The van der Waals surface area contributed by atoms with Gasteiger partial charge in [-0.2, -0.15) is 4.68 Å². The van der Waals surface area contributed by atoms with Crippen LogP contribution >= 0.6 is 0 Å². The summed E-state index contributed by atoms with van der Waals surface area (Å²) in [5.41, 5.74) is 1.31. The summed E-state index contributed by atoms with van der Waals surface area (Å²) in [7, 11) is 2.08. The molecule has 2 nitrogen and oxygen atoms in total. The minimum absolute atomic E-state index is 0.505. The molecule has 68 valence electrons. The molecule has 0 unspecified atom stereocenters. The third kappa shape index (κ3) is 1.22. The van der Waals surface area contributed by atoms with Gasteiger partial charge in [0.25, 0.3) is 0 Å². The van der Waals surface area contributed by atoms with Crippen LogP contribution in [0, 0.1) is 0 Å². The van der Waals surface area contributed by atoms with Gasteiger partial charge >= 0.3 is 0 Å². The van der Waals surface area contributed by atoms with Crippen LogP contribution in [-0.4, -0.2) is 4.68 Å². The lowest BCUT2D eigenvalue weighted by molar-refractivity contribution is -0.753. The molecule has 0 aliphatic heterocycles. The topological polar surface area (TPSA) is 8.81 Å². The van der Waals surface area contributed by atoms with Crippen molar-refractivity contribution in [3.8, 4) is 0 Å². The molecule has 0 amide bonds. The molecule has 1 aromatic heterocycles. The molecule has 0 atom stereocenters. The van der Waals surface area contributed by atoms with E-state index in [0.717, 1.165) is 0 Å². The Morgan fingerprint density at radius 3 is 2.62 bits per heavy atom. The summed E-state index contributed by atoms with van der Waals surface area (Å²) in [4.78, 5) is 0. The van der Waals surface area contributed by atoms with Crippen LogP contribution in [0.3, 0.4) is 0 Å². The highest BCUT2D eigenvalue weighted by Crippen LogP contribution is 2.14. The fourth-order valence-corrected chi connectivity index (χ4v) is 1.88. The molecule has 0 saturated carbocycles. The molecule has 0 radical (unpaired) electrons. The van der Waals surface area contributed by atoms with Gasteiger partial charge in [0.05, 0.1) is 11.4 Å². The SMILES string of the molecule is CC(C)n1c2ccccc2c[n+]1C. The quantitative estimate of drug-likeness (QED) is 0.586. The first-order chi connectivity index (χ1) is 6.20. The van der Waals surface area contributed by atoms with Crippen molar-refractivity contribution < 1.29 is 4.68 Å². The summed E-state index contributed by atoms with van der Waals surface area (Å²) in [5, 5.41) is 1.30. The van der Waals surface area contributed by atoms with Gasteiger partial charge in [0.2, 0.25) is 6.20 Å². The van der Waals surface area contributed by atoms with Gasteiger partial charge in [-0.05, 0) is 26.0 Å². The standard InChI is InChI=1S/C11H15N2/c1-9(2)13-11-7-5-4-6-10(11)8-12(13)3/h4-9H,1-3H3/q+1. The van der Waals surface area contributed by atoms with Crippen LogP contribution in [0.4, 0.5) is 0 Å². The summed E-state index contributed by atoms with van der Waals surface area (Å²) < 4.78 is 4.44. The number of hydrogen-bond acceptors (Lipinski definition) is 0. The van der Waals surface area contributed by atoms with E-state index in [-0.39, 0.29) is 0 Å². The van der Waals surface area contributed by atoms with Gasteiger partial charge in [-0.25, -0.2) is 0 Å². The van der Waals surface area contributed by atoms with E-state index in [1.807, 2.05) is 0 Å². The van der Waals surface area contributed by atoms with Crippen LogP contribution in [0.2, 0.25) is 0 Å². The van der Waals surface area contributed by atoms with Crippen LogP contribution in [0.1, 0.15) is 19.9 Å². The molecule has 0 bridgehead atoms. The van der Waals surface area contributed by atoms with Crippen LogP contribution < -0.4 is 4.68 Å². The highest BCUT2D eigenvalue weighted by molar-refractivity contribution is 5.77. The van der Waals surface area contributed by atoms with Crippen LogP contribution in [0.5, 0.6) is 0 Å². The second-order valence-electron chi connectivity index (χ2n) is 3.70. The Morgan fingerprint density at radius 2 is 1.92 bits per heavy atom. The predicted octanol–water partition coefficient (Wildman–Crippen LogP) is 2.05. The fourth-order valence-electron chi connectivity index (χ4n) is 1.88. The van der Waals surface area contributed by atoms with Crippen molar-refractivity contribution in [1.82, 2.24) is 4.68 Å². The number of para-hydroxylation sites is 1. The van der Waals surface area contributed by atoms with E-state index in [2.05, 4.69) is 60.7 Å². The van der Waals surface area contributed by atoms with Crippen molar-refractivity contribution in [1.29, 1.82) is 0 Å². The molecule has 1 heterocycles. The molecular formula is C11H15N2+. The van der Waals surface area contributed by atoms with Gasteiger partial charge < -0.3 is 0 Å². The molecule has 13 heavy (non-hydrogen) atoms. The minimum atomic E-state index is 0.505. The zero-order chi connectivity index (χ0) is 9.42. The lowest BCUT2D eigenvalue weighted by Crippen LogP contribution is -2.38. The Labute approximate surface area is 78.4 Å².